The highest BCUT2D eigenvalue weighted by Crippen LogP contribution is 2.24. The Kier molecular flexibility index (Phi) is 7.71. The van der Waals surface area contributed by atoms with Crippen LogP contribution < -0.4 is 14.9 Å². The molecule has 0 fully saturated rings. The molecule has 0 radical (unpaired) electrons. The lowest BCUT2D eigenvalue weighted by Gasteiger charge is -2.06. The molecule has 1 amide bonds. The molecule has 2 aromatic carbocycles. The summed E-state index contributed by atoms with van der Waals surface area (Å²) in [6.45, 7) is 2.64. The van der Waals surface area contributed by atoms with Crippen LogP contribution in [0.1, 0.15) is 29.5 Å². The van der Waals surface area contributed by atoms with E-state index < -0.39 is 10.0 Å². The molecular weight excluding hydrogens is 482 g/mol. The van der Waals surface area contributed by atoms with E-state index in [4.69, 9.17) is 9.15 Å². The van der Waals surface area contributed by atoms with Gasteiger partial charge in [-0.2, -0.15) is 5.10 Å². The third-order valence-electron chi connectivity index (χ3n) is 4.81. The molecule has 11 heteroatoms. The maximum absolute atomic E-state index is 12.5. The summed E-state index contributed by atoms with van der Waals surface area (Å²) in [5.74, 6) is 1.24. The number of carbonyl (C=O) groups is 1. The Morgan fingerprint density at radius 3 is 2.44 bits per heavy atom. The van der Waals surface area contributed by atoms with Crippen molar-refractivity contribution in [2.24, 2.45) is 5.10 Å². The lowest BCUT2D eigenvalue weighted by atomic mass is 10.2. The van der Waals surface area contributed by atoms with Gasteiger partial charge in [0.2, 0.25) is 5.95 Å². The lowest BCUT2D eigenvalue weighted by Crippen LogP contribution is -2.17. The van der Waals surface area contributed by atoms with Gasteiger partial charge in [0.05, 0.1) is 17.7 Å². The first-order chi connectivity index (χ1) is 17.4. The number of nitrogens with zero attached hydrogens (tertiary/aromatic N) is 3. The summed E-state index contributed by atoms with van der Waals surface area (Å²) in [4.78, 5) is 20.0. The number of aromatic nitrogens is 2. The quantitative estimate of drug-likeness (QED) is 0.245. The van der Waals surface area contributed by atoms with Gasteiger partial charge in [0, 0.05) is 23.5 Å². The van der Waals surface area contributed by atoms with Crippen LogP contribution in [0.5, 0.6) is 5.75 Å². The molecule has 0 aliphatic carbocycles. The van der Waals surface area contributed by atoms with Gasteiger partial charge in [-0.25, -0.2) is 28.5 Å². The largest absolute Gasteiger partial charge is 0.494 e. The first-order valence-electron chi connectivity index (χ1n) is 11.0. The SMILES string of the molecule is CCCOc1ccc(C(=O)N/N=C/c2ccc(-c3ccc(S(=O)(=O)Nc4ncccn4)cc3)o2)cc1. The first kappa shape index (κ1) is 24.6. The fourth-order valence-corrected chi connectivity index (χ4v) is 4.01. The Bertz CT molecular complexity index is 1430. The van der Waals surface area contributed by atoms with Crippen LogP contribution in [0.25, 0.3) is 11.3 Å². The van der Waals surface area contributed by atoms with Crippen LogP contribution in [-0.4, -0.2) is 37.1 Å². The number of rotatable bonds is 10. The van der Waals surface area contributed by atoms with Crippen molar-refractivity contribution >= 4 is 28.1 Å². The number of carbonyl (C=O) groups excluding carboxylic acids is 1. The van der Waals surface area contributed by atoms with E-state index in [0.29, 0.717) is 35.0 Å². The Morgan fingerprint density at radius 2 is 1.75 bits per heavy atom. The van der Waals surface area contributed by atoms with Gasteiger partial charge in [-0.05, 0) is 73.2 Å². The number of nitrogens with one attached hydrogen (secondary N) is 2. The van der Waals surface area contributed by atoms with Gasteiger partial charge >= 0.3 is 0 Å². The van der Waals surface area contributed by atoms with Crippen molar-refractivity contribution in [2.45, 2.75) is 18.2 Å². The van der Waals surface area contributed by atoms with Crippen LogP contribution in [0.4, 0.5) is 5.95 Å². The number of hydrazone groups is 1. The molecule has 184 valence electrons. The van der Waals surface area contributed by atoms with E-state index in [1.54, 1.807) is 54.6 Å². The third kappa shape index (κ3) is 6.33. The van der Waals surface area contributed by atoms with Crippen molar-refractivity contribution < 1.29 is 22.4 Å². The van der Waals surface area contributed by atoms with Crippen LogP contribution in [-0.2, 0) is 10.0 Å². The highest BCUT2D eigenvalue weighted by molar-refractivity contribution is 7.92. The molecule has 2 N–H and O–H groups in total. The molecule has 0 aliphatic heterocycles. The number of benzene rings is 2. The minimum absolute atomic E-state index is 0.0124. The average Bonchev–Trinajstić information content (AvgIpc) is 3.37. The van der Waals surface area contributed by atoms with Gasteiger partial charge in [-0.1, -0.05) is 6.92 Å². The van der Waals surface area contributed by atoms with E-state index in [0.717, 1.165) is 6.42 Å². The zero-order valence-corrected chi connectivity index (χ0v) is 20.1. The standard InChI is InChI=1S/C25H23N5O5S/c1-2-16-34-20-8-4-19(5-9-20)24(31)29-28-17-21-10-13-23(35-21)18-6-11-22(12-7-18)36(32,33)30-25-26-14-3-15-27-25/h3-15,17H,2,16H2,1H3,(H,29,31)(H,26,27,30)/b28-17+. The Balaban J connectivity index is 1.35. The Morgan fingerprint density at radius 1 is 1.03 bits per heavy atom. The Labute approximate surface area is 208 Å². The summed E-state index contributed by atoms with van der Waals surface area (Å²) in [7, 11) is -3.83. The monoisotopic (exact) mass is 505 g/mol. The molecule has 10 nitrogen and oxygen atoms in total. The third-order valence-corrected chi connectivity index (χ3v) is 6.16. The van der Waals surface area contributed by atoms with Gasteiger partial charge < -0.3 is 9.15 Å². The maximum Gasteiger partial charge on any atom is 0.271 e. The van der Waals surface area contributed by atoms with Crippen LogP contribution in [0.15, 0.2) is 93.5 Å². The number of hydrogen-bond donors (Lipinski definition) is 2. The number of furan rings is 1. The topological polar surface area (TPSA) is 136 Å². The van der Waals surface area contributed by atoms with E-state index in [-0.39, 0.29) is 16.8 Å². The normalized spacial score (nSPS) is 11.4. The van der Waals surface area contributed by atoms with Crippen molar-refractivity contribution in [3.05, 3.63) is 90.4 Å². The van der Waals surface area contributed by atoms with E-state index in [2.05, 4.69) is 25.2 Å². The van der Waals surface area contributed by atoms with Gasteiger partial charge in [0.1, 0.15) is 17.3 Å². The summed E-state index contributed by atoms with van der Waals surface area (Å²) in [6.07, 6.45) is 5.17. The maximum atomic E-state index is 12.5. The fraction of sp³-hybridized carbons (Fsp3) is 0.120. The molecule has 0 spiro atoms. The zero-order valence-electron chi connectivity index (χ0n) is 19.3. The average molecular weight is 506 g/mol. The lowest BCUT2D eigenvalue weighted by molar-refractivity contribution is 0.0955. The molecule has 4 aromatic rings. The summed E-state index contributed by atoms with van der Waals surface area (Å²) in [5.41, 5.74) is 3.56. The molecular formula is C25H23N5O5S. The van der Waals surface area contributed by atoms with Gasteiger partial charge in [-0.3, -0.25) is 4.79 Å². The summed E-state index contributed by atoms with van der Waals surface area (Å²) in [6, 6.07) is 17.9. The van der Waals surface area contributed by atoms with Crippen molar-refractivity contribution in [1.82, 2.24) is 15.4 Å². The number of ether oxygens (including phenoxy) is 1. The molecule has 0 aliphatic rings. The predicted molar refractivity (Wildman–Crippen MR) is 134 cm³/mol. The minimum atomic E-state index is -3.83. The molecule has 0 saturated heterocycles. The molecule has 0 bridgehead atoms. The van der Waals surface area contributed by atoms with Gasteiger partial charge in [0.25, 0.3) is 15.9 Å². The number of sulfonamides is 1. The van der Waals surface area contributed by atoms with E-state index in [9.17, 15) is 13.2 Å². The summed E-state index contributed by atoms with van der Waals surface area (Å²) in [5, 5.41) is 3.93. The summed E-state index contributed by atoms with van der Waals surface area (Å²) < 4.78 is 38.6. The van der Waals surface area contributed by atoms with E-state index in [1.165, 1.54) is 30.7 Å². The first-order valence-corrected chi connectivity index (χ1v) is 12.5. The smallest absolute Gasteiger partial charge is 0.271 e. The van der Waals surface area contributed by atoms with Crippen molar-refractivity contribution in [3.63, 3.8) is 0 Å². The van der Waals surface area contributed by atoms with E-state index in [1.807, 2.05) is 6.92 Å². The van der Waals surface area contributed by atoms with Crippen molar-refractivity contribution in [2.75, 3.05) is 11.3 Å². The molecule has 2 aromatic heterocycles. The number of hydrogen-bond acceptors (Lipinski definition) is 8. The molecule has 0 saturated carbocycles. The van der Waals surface area contributed by atoms with Gasteiger partial charge in [-0.15, -0.1) is 0 Å². The van der Waals surface area contributed by atoms with Crippen LogP contribution in [0.3, 0.4) is 0 Å². The zero-order chi connectivity index (χ0) is 25.4. The molecule has 0 unspecified atom stereocenters. The number of amides is 1. The second kappa shape index (κ2) is 11.3. The second-order valence-corrected chi connectivity index (χ2v) is 9.16. The fourth-order valence-electron chi connectivity index (χ4n) is 3.05. The minimum Gasteiger partial charge on any atom is -0.494 e. The van der Waals surface area contributed by atoms with Crippen LogP contribution >= 0.6 is 0 Å². The highest BCUT2D eigenvalue weighted by Gasteiger charge is 2.16. The predicted octanol–water partition coefficient (Wildman–Crippen LogP) is 4.09. The van der Waals surface area contributed by atoms with Crippen LogP contribution in [0, 0.1) is 0 Å². The highest BCUT2D eigenvalue weighted by atomic mass is 32.2. The molecule has 0 atom stereocenters. The van der Waals surface area contributed by atoms with Gasteiger partial charge in [0.15, 0.2) is 0 Å². The second-order valence-electron chi connectivity index (χ2n) is 7.48. The van der Waals surface area contributed by atoms with Crippen molar-refractivity contribution in [1.29, 1.82) is 0 Å². The van der Waals surface area contributed by atoms with E-state index >= 15 is 0 Å². The number of anilines is 1. The Hall–Kier alpha value is -4.51. The molecule has 4 rings (SSSR count). The van der Waals surface area contributed by atoms with Crippen molar-refractivity contribution in [3.8, 4) is 17.1 Å². The summed E-state index contributed by atoms with van der Waals surface area (Å²) >= 11 is 0. The molecule has 2 heterocycles. The molecule has 36 heavy (non-hydrogen) atoms. The van der Waals surface area contributed by atoms with Crippen LogP contribution in [0.2, 0.25) is 0 Å².